The minimum atomic E-state index is -0.572. The molecule has 0 fully saturated rings. The van der Waals surface area contributed by atoms with Crippen molar-refractivity contribution in [1.29, 1.82) is 0 Å². The SMILES string of the molecule is CSc1ccc([C@@H]2C3=C(CCCC3=O)N=C(C)C2C(=O)OCCc2ccccc2)cc1. The second-order valence-electron chi connectivity index (χ2n) is 8.02. The van der Waals surface area contributed by atoms with Crippen LogP contribution in [0.2, 0.25) is 0 Å². The Labute approximate surface area is 187 Å². The fraction of sp³-hybridized carbons (Fsp3) is 0.346. The molecule has 5 heteroatoms. The number of rotatable bonds is 6. The Hall–Kier alpha value is -2.66. The lowest BCUT2D eigenvalue weighted by Gasteiger charge is -2.34. The number of hydrogen-bond acceptors (Lipinski definition) is 5. The summed E-state index contributed by atoms with van der Waals surface area (Å²) in [5, 5.41) is 0. The van der Waals surface area contributed by atoms with Gasteiger partial charge >= 0.3 is 5.97 Å². The van der Waals surface area contributed by atoms with Crippen molar-refractivity contribution in [3.63, 3.8) is 0 Å². The number of carbonyl (C=O) groups excluding carboxylic acids is 2. The number of esters is 1. The van der Waals surface area contributed by atoms with Crippen LogP contribution in [0.5, 0.6) is 0 Å². The summed E-state index contributed by atoms with van der Waals surface area (Å²) in [7, 11) is 0. The molecule has 0 bridgehead atoms. The van der Waals surface area contributed by atoms with Gasteiger partial charge in [-0.25, -0.2) is 0 Å². The van der Waals surface area contributed by atoms with E-state index in [4.69, 9.17) is 9.73 Å². The highest BCUT2D eigenvalue weighted by atomic mass is 32.2. The van der Waals surface area contributed by atoms with E-state index in [0.29, 0.717) is 25.0 Å². The number of ketones is 1. The number of allylic oxidation sites excluding steroid dienone is 2. The maximum absolute atomic E-state index is 13.2. The monoisotopic (exact) mass is 433 g/mol. The Balaban J connectivity index is 1.62. The minimum absolute atomic E-state index is 0.110. The van der Waals surface area contributed by atoms with Gasteiger partial charge in [-0.2, -0.15) is 0 Å². The maximum atomic E-state index is 13.2. The standard InChI is InChI=1S/C26H27NO3S/c1-17-23(26(29)30-16-15-18-7-4-3-5-8-18)24(19-11-13-20(31-2)14-12-19)25-21(27-17)9-6-10-22(25)28/h3-5,7-8,11-14,23-24H,6,9-10,15-16H2,1-2H3/t23?,24-/m0/s1. The van der Waals surface area contributed by atoms with Gasteiger partial charge in [0.05, 0.1) is 6.61 Å². The highest BCUT2D eigenvalue weighted by Crippen LogP contribution is 2.43. The summed E-state index contributed by atoms with van der Waals surface area (Å²) in [5.41, 5.74) is 4.39. The molecule has 1 heterocycles. The van der Waals surface area contributed by atoms with E-state index < -0.39 is 5.92 Å². The van der Waals surface area contributed by atoms with Crippen LogP contribution in [-0.2, 0) is 20.7 Å². The first kappa shape index (κ1) is 21.6. The van der Waals surface area contributed by atoms with Gasteiger partial charge in [-0.15, -0.1) is 11.8 Å². The third-order valence-electron chi connectivity index (χ3n) is 6.04. The summed E-state index contributed by atoms with van der Waals surface area (Å²) in [5.74, 6) is -1.10. The number of aliphatic imine (C=N–C) groups is 1. The largest absolute Gasteiger partial charge is 0.465 e. The number of hydrogen-bond donors (Lipinski definition) is 0. The van der Waals surface area contributed by atoms with E-state index in [1.807, 2.05) is 67.8 Å². The lowest BCUT2D eigenvalue weighted by atomic mass is 9.72. The van der Waals surface area contributed by atoms with Gasteiger partial charge in [0.1, 0.15) is 5.92 Å². The van der Waals surface area contributed by atoms with E-state index >= 15 is 0 Å². The average Bonchev–Trinajstić information content (AvgIpc) is 2.79. The summed E-state index contributed by atoms with van der Waals surface area (Å²) in [6.45, 7) is 2.19. The molecule has 160 valence electrons. The Morgan fingerprint density at radius 2 is 1.84 bits per heavy atom. The van der Waals surface area contributed by atoms with E-state index in [1.54, 1.807) is 11.8 Å². The Morgan fingerprint density at radius 1 is 1.10 bits per heavy atom. The van der Waals surface area contributed by atoms with E-state index in [0.717, 1.165) is 40.3 Å². The molecule has 0 radical (unpaired) electrons. The molecule has 0 saturated carbocycles. The molecule has 2 aromatic rings. The molecule has 4 rings (SSSR count). The fourth-order valence-corrected chi connectivity index (χ4v) is 4.90. The smallest absolute Gasteiger partial charge is 0.315 e. The van der Waals surface area contributed by atoms with Gasteiger partial charge < -0.3 is 4.74 Å². The quantitative estimate of drug-likeness (QED) is 0.454. The van der Waals surface area contributed by atoms with Crippen LogP contribution in [0.4, 0.5) is 0 Å². The molecule has 2 aliphatic rings. The predicted molar refractivity (Wildman–Crippen MR) is 125 cm³/mol. The summed E-state index contributed by atoms with van der Waals surface area (Å²) in [6, 6.07) is 18.1. The summed E-state index contributed by atoms with van der Waals surface area (Å²) < 4.78 is 5.71. The van der Waals surface area contributed by atoms with E-state index in [1.165, 1.54) is 0 Å². The average molecular weight is 434 g/mol. The zero-order valence-corrected chi connectivity index (χ0v) is 18.8. The van der Waals surface area contributed by atoms with Crippen LogP contribution in [0, 0.1) is 5.92 Å². The zero-order chi connectivity index (χ0) is 21.8. The highest BCUT2D eigenvalue weighted by Gasteiger charge is 2.43. The molecule has 1 aliphatic carbocycles. The lowest BCUT2D eigenvalue weighted by Crippen LogP contribution is -2.37. The van der Waals surface area contributed by atoms with Crippen LogP contribution in [0.3, 0.4) is 0 Å². The first-order valence-corrected chi connectivity index (χ1v) is 12.0. The molecule has 4 nitrogen and oxygen atoms in total. The number of ether oxygens (including phenoxy) is 1. The van der Waals surface area contributed by atoms with Gasteiger partial charge in [-0.3, -0.25) is 14.6 Å². The number of carbonyl (C=O) groups is 2. The third kappa shape index (κ3) is 4.67. The number of benzene rings is 2. The Bertz CT molecular complexity index is 1020. The van der Waals surface area contributed by atoms with Gasteiger partial charge in [-0.05, 0) is 49.3 Å². The van der Waals surface area contributed by atoms with Crippen molar-refractivity contribution in [2.75, 3.05) is 12.9 Å². The molecule has 0 spiro atoms. The van der Waals surface area contributed by atoms with Crippen molar-refractivity contribution in [2.24, 2.45) is 10.9 Å². The highest BCUT2D eigenvalue weighted by molar-refractivity contribution is 7.98. The Morgan fingerprint density at radius 3 is 2.55 bits per heavy atom. The second-order valence-corrected chi connectivity index (χ2v) is 8.90. The number of Topliss-reactive ketones (excluding diaryl/α,β-unsaturated/α-hetero) is 1. The lowest BCUT2D eigenvalue weighted by molar-refractivity contribution is -0.146. The van der Waals surface area contributed by atoms with Crippen molar-refractivity contribution in [3.8, 4) is 0 Å². The normalized spacial score (nSPS) is 20.8. The molecule has 31 heavy (non-hydrogen) atoms. The third-order valence-corrected chi connectivity index (χ3v) is 6.78. The van der Waals surface area contributed by atoms with Crippen molar-refractivity contribution in [3.05, 3.63) is 77.0 Å². The van der Waals surface area contributed by atoms with Crippen molar-refractivity contribution in [2.45, 2.75) is 43.4 Å². The van der Waals surface area contributed by atoms with Gasteiger partial charge in [0.15, 0.2) is 5.78 Å². The fourth-order valence-electron chi connectivity index (χ4n) is 4.49. The molecule has 0 N–H and O–H groups in total. The van der Waals surface area contributed by atoms with Gasteiger partial charge in [0, 0.05) is 40.6 Å². The zero-order valence-electron chi connectivity index (χ0n) is 18.0. The molecule has 2 atom stereocenters. The molecule has 1 aliphatic heterocycles. The van der Waals surface area contributed by atoms with Gasteiger partial charge in [-0.1, -0.05) is 42.5 Å². The molecule has 0 saturated heterocycles. The minimum Gasteiger partial charge on any atom is -0.465 e. The first-order chi connectivity index (χ1) is 15.1. The van der Waals surface area contributed by atoms with Gasteiger partial charge in [0.25, 0.3) is 0 Å². The van der Waals surface area contributed by atoms with Crippen LogP contribution in [-0.4, -0.2) is 30.3 Å². The second kappa shape index (κ2) is 9.65. The molecule has 0 aromatic heterocycles. The molecule has 2 aromatic carbocycles. The van der Waals surface area contributed by atoms with Crippen LogP contribution in [0.15, 0.2) is 75.8 Å². The molecular formula is C26H27NO3S. The van der Waals surface area contributed by atoms with Crippen molar-refractivity contribution >= 4 is 29.2 Å². The number of thioether (sulfide) groups is 1. The van der Waals surface area contributed by atoms with E-state index in [9.17, 15) is 9.59 Å². The maximum Gasteiger partial charge on any atom is 0.315 e. The molecular weight excluding hydrogens is 406 g/mol. The Kier molecular flexibility index (Phi) is 6.71. The summed E-state index contributed by atoms with van der Waals surface area (Å²) in [4.78, 5) is 32.0. The summed E-state index contributed by atoms with van der Waals surface area (Å²) in [6.07, 6.45) is 4.81. The first-order valence-electron chi connectivity index (χ1n) is 10.7. The predicted octanol–water partition coefficient (Wildman–Crippen LogP) is 5.38. The van der Waals surface area contributed by atoms with E-state index in [2.05, 4.69) is 0 Å². The van der Waals surface area contributed by atoms with Crippen LogP contribution in [0.25, 0.3) is 0 Å². The van der Waals surface area contributed by atoms with Crippen LogP contribution >= 0.6 is 11.8 Å². The number of nitrogens with zero attached hydrogens (tertiary/aromatic N) is 1. The topological polar surface area (TPSA) is 55.7 Å². The van der Waals surface area contributed by atoms with Crippen molar-refractivity contribution in [1.82, 2.24) is 0 Å². The van der Waals surface area contributed by atoms with Crippen LogP contribution in [0.1, 0.15) is 43.2 Å². The van der Waals surface area contributed by atoms with E-state index in [-0.39, 0.29) is 17.7 Å². The summed E-state index contributed by atoms with van der Waals surface area (Å²) >= 11 is 1.67. The molecule has 0 amide bonds. The van der Waals surface area contributed by atoms with Gasteiger partial charge in [0.2, 0.25) is 0 Å². The molecule has 1 unspecified atom stereocenters. The van der Waals surface area contributed by atoms with Crippen molar-refractivity contribution < 1.29 is 14.3 Å². The van der Waals surface area contributed by atoms with Crippen LogP contribution < -0.4 is 0 Å².